The van der Waals surface area contributed by atoms with Gasteiger partial charge in [-0.15, -0.1) is 0 Å². The van der Waals surface area contributed by atoms with Crippen molar-refractivity contribution in [1.82, 2.24) is 5.32 Å². The first kappa shape index (κ1) is 25.6. The quantitative estimate of drug-likeness (QED) is 0.359. The number of ether oxygens (including phenoxy) is 1. The van der Waals surface area contributed by atoms with Crippen molar-refractivity contribution in [1.29, 1.82) is 0 Å². The molecule has 0 spiro atoms. The van der Waals surface area contributed by atoms with Crippen LogP contribution in [0.4, 0.5) is 20.6 Å². The van der Waals surface area contributed by atoms with Gasteiger partial charge in [-0.05, 0) is 85.1 Å². The third-order valence-electron chi connectivity index (χ3n) is 5.32. The fraction of sp³-hybridized carbons (Fsp3) is 0.111. The summed E-state index contributed by atoms with van der Waals surface area (Å²) in [7, 11) is 0. The standard InChI is InChI=1S/C27H21ClFN3O5/c1-15-9-16(2)11-20(10-15)32-26(35)21(25(34)31-27(32)36)12-17-3-8-23(22(28)13-17)37-14-24(33)30-19-6-4-18(29)5-7-19/h3-13H,14H2,1-2H3,(H,30,33)(H,31,34,36)/b21-12+. The van der Waals surface area contributed by atoms with Gasteiger partial charge in [0.05, 0.1) is 10.7 Å². The van der Waals surface area contributed by atoms with Crippen molar-refractivity contribution < 1.29 is 28.3 Å². The highest BCUT2D eigenvalue weighted by molar-refractivity contribution is 6.39. The van der Waals surface area contributed by atoms with Crippen LogP contribution in [-0.4, -0.2) is 30.4 Å². The van der Waals surface area contributed by atoms with Gasteiger partial charge >= 0.3 is 6.03 Å². The van der Waals surface area contributed by atoms with Crippen LogP contribution in [0.2, 0.25) is 5.02 Å². The lowest BCUT2D eigenvalue weighted by molar-refractivity contribution is -0.122. The number of nitrogens with one attached hydrogen (secondary N) is 2. The van der Waals surface area contributed by atoms with E-state index in [-0.39, 0.29) is 23.0 Å². The highest BCUT2D eigenvalue weighted by atomic mass is 35.5. The molecule has 0 bridgehead atoms. The van der Waals surface area contributed by atoms with E-state index in [1.54, 1.807) is 18.2 Å². The van der Waals surface area contributed by atoms with Crippen molar-refractivity contribution in [2.75, 3.05) is 16.8 Å². The second-order valence-electron chi connectivity index (χ2n) is 8.34. The Morgan fingerprint density at radius 2 is 1.70 bits per heavy atom. The maximum absolute atomic E-state index is 13.1. The summed E-state index contributed by atoms with van der Waals surface area (Å²) in [6, 6.07) is 14.2. The smallest absolute Gasteiger partial charge is 0.335 e. The molecule has 1 heterocycles. The van der Waals surface area contributed by atoms with Crippen molar-refractivity contribution in [3.8, 4) is 5.75 Å². The second kappa shape index (κ2) is 10.6. The van der Waals surface area contributed by atoms with Crippen LogP contribution in [0.1, 0.15) is 16.7 Å². The predicted octanol–water partition coefficient (Wildman–Crippen LogP) is 4.78. The molecule has 0 atom stereocenters. The summed E-state index contributed by atoms with van der Waals surface area (Å²) in [5.74, 6) is -2.30. The van der Waals surface area contributed by atoms with E-state index < -0.39 is 29.6 Å². The zero-order valence-corrected chi connectivity index (χ0v) is 20.6. The van der Waals surface area contributed by atoms with Crippen LogP contribution in [0.3, 0.4) is 0 Å². The zero-order chi connectivity index (χ0) is 26.7. The fourth-order valence-corrected chi connectivity index (χ4v) is 3.98. The molecule has 0 radical (unpaired) electrons. The summed E-state index contributed by atoms with van der Waals surface area (Å²) in [4.78, 5) is 51.0. The average Bonchev–Trinajstić information content (AvgIpc) is 2.82. The molecular formula is C27H21ClFN3O5. The van der Waals surface area contributed by atoms with E-state index in [4.69, 9.17) is 16.3 Å². The Morgan fingerprint density at radius 3 is 2.35 bits per heavy atom. The lowest BCUT2D eigenvalue weighted by Gasteiger charge is -2.27. The first-order chi connectivity index (χ1) is 17.6. The van der Waals surface area contributed by atoms with Gasteiger partial charge in [-0.3, -0.25) is 19.7 Å². The number of imide groups is 2. The van der Waals surface area contributed by atoms with Gasteiger partial charge in [0.1, 0.15) is 17.1 Å². The molecule has 0 aromatic heterocycles. The Kier molecular flexibility index (Phi) is 7.35. The topological polar surface area (TPSA) is 105 Å². The third kappa shape index (κ3) is 6.02. The Bertz CT molecular complexity index is 1430. The minimum Gasteiger partial charge on any atom is -0.482 e. The highest BCUT2D eigenvalue weighted by Gasteiger charge is 2.37. The van der Waals surface area contributed by atoms with Gasteiger partial charge < -0.3 is 10.1 Å². The fourth-order valence-electron chi connectivity index (χ4n) is 3.74. The molecular weight excluding hydrogens is 501 g/mol. The Hall–Kier alpha value is -4.50. The van der Waals surface area contributed by atoms with Gasteiger partial charge in [0.15, 0.2) is 6.61 Å². The predicted molar refractivity (Wildman–Crippen MR) is 137 cm³/mol. The molecule has 1 fully saturated rings. The zero-order valence-electron chi connectivity index (χ0n) is 19.8. The number of halogens is 2. The summed E-state index contributed by atoms with van der Waals surface area (Å²) >= 11 is 6.29. The number of carbonyl (C=O) groups is 4. The molecule has 8 nitrogen and oxygen atoms in total. The van der Waals surface area contributed by atoms with Crippen molar-refractivity contribution >= 4 is 52.8 Å². The molecule has 2 N–H and O–H groups in total. The molecule has 37 heavy (non-hydrogen) atoms. The maximum Gasteiger partial charge on any atom is 0.335 e. The number of rotatable bonds is 6. The van der Waals surface area contributed by atoms with Gasteiger partial charge in [-0.1, -0.05) is 23.7 Å². The number of barbiturate groups is 1. The largest absolute Gasteiger partial charge is 0.482 e. The summed E-state index contributed by atoms with van der Waals surface area (Å²) in [6.45, 7) is 3.32. The summed E-state index contributed by atoms with van der Waals surface area (Å²) in [5.41, 5.74) is 2.62. The van der Waals surface area contributed by atoms with Gasteiger partial charge in [0.2, 0.25) is 0 Å². The van der Waals surface area contributed by atoms with Gasteiger partial charge in [-0.2, -0.15) is 0 Å². The molecule has 10 heteroatoms. The minimum atomic E-state index is -0.835. The molecule has 3 aromatic rings. The van der Waals surface area contributed by atoms with E-state index in [0.29, 0.717) is 16.9 Å². The van der Waals surface area contributed by atoms with Crippen LogP contribution in [0, 0.1) is 19.7 Å². The molecule has 5 amide bonds. The monoisotopic (exact) mass is 521 g/mol. The Morgan fingerprint density at radius 1 is 1.03 bits per heavy atom. The van der Waals surface area contributed by atoms with Crippen LogP contribution < -0.4 is 20.3 Å². The van der Waals surface area contributed by atoms with Gasteiger partial charge in [0.25, 0.3) is 17.7 Å². The van der Waals surface area contributed by atoms with Crippen molar-refractivity contribution in [3.63, 3.8) is 0 Å². The molecule has 0 saturated carbocycles. The molecule has 188 valence electrons. The number of nitrogens with zero attached hydrogens (tertiary/aromatic N) is 1. The number of urea groups is 1. The molecule has 4 rings (SSSR count). The maximum atomic E-state index is 13.1. The van der Waals surface area contributed by atoms with E-state index >= 15 is 0 Å². The molecule has 1 aliphatic rings. The van der Waals surface area contributed by atoms with Crippen molar-refractivity contribution in [2.45, 2.75) is 13.8 Å². The highest BCUT2D eigenvalue weighted by Crippen LogP contribution is 2.28. The first-order valence-electron chi connectivity index (χ1n) is 11.1. The van der Waals surface area contributed by atoms with Crippen LogP contribution in [0.25, 0.3) is 6.08 Å². The van der Waals surface area contributed by atoms with Crippen molar-refractivity contribution in [3.05, 3.63) is 93.8 Å². The van der Waals surface area contributed by atoms with E-state index in [9.17, 15) is 23.6 Å². The number of anilines is 2. The van der Waals surface area contributed by atoms with E-state index in [2.05, 4.69) is 10.6 Å². The first-order valence-corrected chi connectivity index (χ1v) is 11.5. The van der Waals surface area contributed by atoms with Gasteiger partial charge in [-0.25, -0.2) is 14.1 Å². The molecule has 0 aliphatic carbocycles. The Balaban J connectivity index is 1.49. The molecule has 1 aliphatic heterocycles. The number of aryl methyl sites for hydroxylation is 2. The van der Waals surface area contributed by atoms with Crippen LogP contribution >= 0.6 is 11.6 Å². The second-order valence-corrected chi connectivity index (χ2v) is 8.74. The van der Waals surface area contributed by atoms with E-state index in [1.165, 1.54) is 42.5 Å². The minimum absolute atomic E-state index is 0.134. The van der Waals surface area contributed by atoms with E-state index in [1.807, 2.05) is 19.9 Å². The lowest BCUT2D eigenvalue weighted by Crippen LogP contribution is -2.54. The number of benzene rings is 3. The SMILES string of the molecule is Cc1cc(C)cc(N2C(=O)NC(=O)/C(=C\c3ccc(OCC(=O)Nc4ccc(F)cc4)c(Cl)c3)C2=O)c1. The van der Waals surface area contributed by atoms with E-state index in [0.717, 1.165) is 16.0 Å². The number of hydrogen-bond donors (Lipinski definition) is 2. The average molecular weight is 522 g/mol. The summed E-state index contributed by atoms with van der Waals surface area (Å²) in [5, 5.41) is 4.88. The Labute approximate surface area is 216 Å². The third-order valence-corrected chi connectivity index (χ3v) is 5.62. The van der Waals surface area contributed by atoms with Crippen LogP contribution in [-0.2, 0) is 14.4 Å². The number of carbonyl (C=O) groups excluding carboxylic acids is 4. The lowest BCUT2D eigenvalue weighted by atomic mass is 10.1. The van der Waals surface area contributed by atoms with Crippen LogP contribution in [0.5, 0.6) is 5.75 Å². The molecule has 0 unspecified atom stereocenters. The van der Waals surface area contributed by atoms with Crippen molar-refractivity contribution in [2.24, 2.45) is 0 Å². The molecule has 3 aromatic carbocycles. The number of amides is 5. The normalized spacial score (nSPS) is 14.5. The van der Waals surface area contributed by atoms with Crippen LogP contribution in [0.15, 0.2) is 66.2 Å². The summed E-state index contributed by atoms with van der Waals surface area (Å²) in [6.07, 6.45) is 1.32. The summed E-state index contributed by atoms with van der Waals surface area (Å²) < 4.78 is 18.4. The molecule has 1 saturated heterocycles. The van der Waals surface area contributed by atoms with Gasteiger partial charge in [0, 0.05) is 5.69 Å². The number of hydrogen-bond acceptors (Lipinski definition) is 5.